The number of methoxy groups -OCH3 is 1. The van der Waals surface area contributed by atoms with Crippen LogP contribution < -0.4 is 19.1 Å². The van der Waals surface area contributed by atoms with Crippen molar-refractivity contribution in [2.45, 2.75) is 43.7 Å². The number of fused-ring (bicyclic) bond motifs is 1. The Kier molecular flexibility index (Phi) is 6.76. The van der Waals surface area contributed by atoms with E-state index < -0.39 is 21.5 Å². The molecular weight excluding hydrogens is 464 g/mol. The lowest BCUT2D eigenvalue weighted by atomic mass is 9.89. The predicted octanol–water partition coefficient (Wildman–Crippen LogP) is 4.62. The third kappa shape index (κ3) is 5.43. The maximum atomic E-state index is 13.7. The highest BCUT2D eigenvalue weighted by molar-refractivity contribution is 7.92. The van der Waals surface area contributed by atoms with E-state index in [9.17, 15) is 13.2 Å². The number of carbonyl (C=O) groups is 1. The van der Waals surface area contributed by atoms with Crippen LogP contribution in [0.5, 0.6) is 11.5 Å². The minimum atomic E-state index is -4.02. The van der Waals surface area contributed by atoms with Gasteiger partial charge in [0, 0.05) is 18.1 Å². The van der Waals surface area contributed by atoms with Gasteiger partial charge in [-0.05, 0) is 51.1 Å². The van der Waals surface area contributed by atoms with Crippen molar-refractivity contribution in [2.24, 2.45) is 0 Å². The van der Waals surface area contributed by atoms with Crippen molar-refractivity contribution in [3.8, 4) is 11.5 Å². The molecule has 0 bridgehead atoms. The summed E-state index contributed by atoms with van der Waals surface area (Å²) in [6, 6.07) is 20.5. The fourth-order valence-electron chi connectivity index (χ4n) is 4.22. The summed E-state index contributed by atoms with van der Waals surface area (Å²) in [7, 11) is -2.51. The number of para-hydroxylation sites is 1. The third-order valence-electron chi connectivity index (χ3n) is 5.95. The van der Waals surface area contributed by atoms with Crippen LogP contribution in [0.1, 0.15) is 37.4 Å². The molecule has 35 heavy (non-hydrogen) atoms. The van der Waals surface area contributed by atoms with Gasteiger partial charge >= 0.3 is 0 Å². The lowest BCUT2D eigenvalue weighted by Gasteiger charge is -2.38. The molecule has 184 valence electrons. The number of sulfonamides is 1. The first-order chi connectivity index (χ1) is 16.6. The summed E-state index contributed by atoms with van der Waals surface area (Å²) in [6.07, 6.45) is 0.555. The number of aryl methyl sites for hydroxylation is 1. The van der Waals surface area contributed by atoms with Gasteiger partial charge in [-0.1, -0.05) is 42.0 Å². The molecule has 3 aromatic carbocycles. The first-order valence-corrected chi connectivity index (χ1v) is 12.8. The Labute approximate surface area is 206 Å². The minimum absolute atomic E-state index is 0.108. The summed E-state index contributed by atoms with van der Waals surface area (Å²) < 4.78 is 39.8. The largest absolute Gasteiger partial charge is 0.497 e. The molecule has 1 unspecified atom stereocenters. The molecule has 8 heteroatoms. The second-order valence-electron chi connectivity index (χ2n) is 9.25. The van der Waals surface area contributed by atoms with Crippen LogP contribution in [0.15, 0.2) is 77.7 Å². The monoisotopic (exact) mass is 494 g/mol. The molecule has 0 fully saturated rings. The van der Waals surface area contributed by atoms with Gasteiger partial charge in [0.15, 0.2) is 0 Å². The van der Waals surface area contributed by atoms with Crippen molar-refractivity contribution < 1.29 is 22.7 Å². The van der Waals surface area contributed by atoms with Gasteiger partial charge in [-0.3, -0.25) is 9.10 Å². The molecule has 0 aromatic heterocycles. The van der Waals surface area contributed by atoms with E-state index in [-0.39, 0.29) is 17.5 Å². The second-order valence-corrected chi connectivity index (χ2v) is 11.1. The second kappa shape index (κ2) is 9.62. The van der Waals surface area contributed by atoms with Crippen LogP contribution in [0.3, 0.4) is 0 Å². The van der Waals surface area contributed by atoms with Crippen LogP contribution in [-0.2, 0) is 14.8 Å². The number of nitrogens with zero attached hydrogens (tertiary/aromatic N) is 1. The molecule has 4 rings (SSSR count). The molecule has 1 N–H and O–H groups in total. The topological polar surface area (TPSA) is 84.9 Å². The van der Waals surface area contributed by atoms with E-state index in [0.717, 1.165) is 15.4 Å². The number of hydrogen-bond acceptors (Lipinski definition) is 5. The number of hydrogen-bond donors (Lipinski definition) is 1. The van der Waals surface area contributed by atoms with Gasteiger partial charge in [0.2, 0.25) is 5.91 Å². The summed E-state index contributed by atoms with van der Waals surface area (Å²) >= 11 is 0. The van der Waals surface area contributed by atoms with Gasteiger partial charge in [-0.2, -0.15) is 0 Å². The van der Waals surface area contributed by atoms with E-state index in [1.54, 1.807) is 48.5 Å². The zero-order chi connectivity index (χ0) is 25.2. The molecule has 1 atom stereocenters. The van der Waals surface area contributed by atoms with E-state index in [4.69, 9.17) is 9.47 Å². The summed E-state index contributed by atoms with van der Waals surface area (Å²) in [5, 5.41) is 3.04. The average molecular weight is 495 g/mol. The van der Waals surface area contributed by atoms with E-state index in [1.807, 2.05) is 45.0 Å². The maximum Gasteiger partial charge on any atom is 0.264 e. The Morgan fingerprint density at radius 2 is 1.80 bits per heavy atom. The van der Waals surface area contributed by atoms with E-state index >= 15 is 0 Å². The van der Waals surface area contributed by atoms with Gasteiger partial charge < -0.3 is 14.8 Å². The van der Waals surface area contributed by atoms with Gasteiger partial charge in [-0.15, -0.1) is 0 Å². The average Bonchev–Trinajstić information content (AvgIpc) is 2.82. The van der Waals surface area contributed by atoms with Gasteiger partial charge in [-0.25, -0.2) is 8.42 Å². The molecule has 3 aromatic rings. The molecule has 0 spiro atoms. The Balaban J connectivity index is 1.66. The Morgan fingerprint density at radius 1 is 1.09 bits per heavy atom. The van der Waals surface area contributed by atoms with Gasteiger partial charge in [0.05, 0.1) is 23.7 Å². The molecule has 0 radical (unpaired) electrons. The molecule has 7 nitrogen and oxygen atoms in total. The standard InChI is InChI=1S/C27H30N2O5S/c1-19-12-14-22(15-13-19)35(31,32)29(20-8-7-9-21(16-20)33-4)18-26(30)28-24-17-27(2,3)34-25-11-6-5-10-23(24)25/h5-16,24H,17-18H2,1-4H3,(H,28,30). The molecule has 0 saturated carbocycles. The van der Waals surface area contributed by atoms with Crippen molar-refractivity contribution in [3.63, 3.8) is 0 Å². The highest BCUT2D eigenvalue weighted by Gasteiger charge is 2.35. The first-order valence-electron chi connectivity index (χ1n) is 11.4. The zero-order valence-corrected chi connectivity index (χ0v) is 21.1. The van der Waals surface area contributed by atoms with Crippen LogP contribution in [0.2, 0.25) is 0 Å². The van der Waals surface area contributed by atoms with E-state index in [1.165, 1.54) is 7.11 Å². The number of ether oxygens (including phenoxy) is 2. The van der Waals surface area contributed by atoms with Crippen molar-refractivity contribution >= 4 is 21.6 Å². The van der Waals surface area contributed by atoms with Gasteiger partial charge in [0.25, 0.3) is 10.0 Å². The number of benzene rings is 3. The highest BCUT2D eigenvalue weighted by Crippen LogP contribution is 2.39. The van der Waals surface area contributed by atoms with Crippen LogP contribution in [-0.4, -0.2) is 33.6 Å². The quantitative estimate of drug-likeness (QED) is 0.518. The van der Waals surface area contributed by atoms with Crippen molar-refractivity contribution in [1.82, 2.24) is 5.32 Å². The fraction of sp³-hybridized carbons (Fsp3) is 0.296. The summed E-state index contributed by atoms with van der Waals surface area (Å²) in [4.78, 5) is 13.4. The lowest BCUT2D eigenvalue weighted by Crippen LogP contribution is -2.45. The van der Waals surface area contributed by atoms with Crippen LogP contribution >= 0.6 is 0 Å². The van der Waals surface area contributed by atoms with Crippen molar-refractivity contribution in [3.05, 3.63) is 83.9 Å². The fourth-order valence-corrected chi connectivity index (χ4v) is 5.63. The molecule has 1 heterocycles. The van der Waals surface area contributed by atoms with E-state index in [0.29, 0.717) is 23.6 Å². The van der Waals surface area contributed by atoms with Crippen LogP contribution in [0.25, 0.3) is 0 Å². The molecule has 1 aliphatic rings. The van der Waals surface area contributed by atoms with Gasteiger partial charge in [0.1, 0.15) is 23.6 Å². The molecule has 0 aliphatic carbocycles. The number of amides is 1. The molecule has 1 aliphatic heterocycles. The van der Waals surface area contributed by atoms with E-state index in [2.05, 4.69) is 5.32 Å². The maximum absolute atomic E-state index is 13.7. The van der Waals surface area contributed by atoms with Crippen LogP contribution in [0.4, 0.5) is 5.69 Å². The lowest BCUT2D eigenvalue weighted by molar-refractivity contribution is -0.120. The van der Waals surface area contributed by atoms with Crippen molar-refractivity contribution in [2.75, 3.05) is 18.0 Å². The Bertz CT molecular complexity index is 1320. The summed E-state index contributed by atoms with van der Waals surface area (Å²) in [5.74, 6) is 0.791. The first kappa shape index (κ1) is 24.6. The van der Waals surface area contributed by atoms with Crippen molar-refractivity contribution in [1.29, 1.82) is 0 Å². The molecular formula is C27H30N2O5S. The number of anilines is 1. The molecule has 1 amide bonds. The molecule has 0 saturated heterocycles. The third-order valence-corrected chi connectivity index (χ3v) is 7.74. The smallest absolute Gasteiger partial charge is 0.264 e. The number of carbonyl (C=O) groups excluding carboxylic acids is 1. The Hall–Kier alpha value is -3.52. The SMILES string of the molecule is COc1cccc(N(CC(=O)NC2CC(C)(C)Oc3ccccc32)S(=O)(=O)c2ccc(C)cc2)c1. The summed E-state index contributed by atoms with van der Waals surface area (Å²) in [5.41, 5.74) is 1.67. The highest BCUT2D eigenvalue weighted by atomic mass is 32.2. The number of nitrogens with one attached hydrogen (secondary N) is 1. The minimum Gasteiger partial charge on any atom is -0.497 e. The Morgan fingerprint density at radius 3 is 2.51 bits per heavy atom. The zero-order valence-electron chi connectivity index (χ0n) is 20.3. The number of rotatable bonds is 7. The van der Waals surface area contributed by atoms with Crippen LogP contribution in [0, 0.1) is 6.92 Å². The predicted molar refractivity (Wildman–Crippen MR) is 135 cm³/mol. The normalized spacial score (nSPS) is 16.5. The summed E-state index contributed by atoms with van der Waals surface area (Å²) in [6.45, 7) is 5.43.